The lowest BCUT2D eigenvalue weighted by Gasteiger charge is -2.32. The third kappa shape index (κ3) is 8.92. The average Bonchev–Trinajstić information content (AvgIpc) is 3.08. The number of nitrogens with zero attached hydrogens (tertiary/aromatic N) is 1. The van der Waals surface area contributed by atoms with Crippen LogP contribution in [0, 0.1) is 5.92 Å². The minimum absolute atomic E-state index is 0.176. The predicted octanol–water partition coefficient (Wildman–Crippen LogP) is 2.91. The van der Waals surface area contributed by atoms with Crippen molar-refractivity contribution in [3.8, 4) is 11.5 Å². The number of amides is 1. The Bertz CT molecular complexity index is 771. The number of hydrogen-bond donors (Lipinski definition) is 3. The molecule has 1 amide bonds. The van der Waals surface area contributed by atoms with Gasteiger partial charge in [-0.05, 0) is 56.5 Å². The highest BCUT2D eigenvalue weighted by molar-refractivity contribution is 6.27. The highest BCUT2D eigenvalue weighted by Gasteiger charge is 2.26. The molecule has 0 spiro atoms. The summed E-state index contributed by atoms with van der Waals surface area (Å²) >= 11 is 0. The van der Waals surface area contributed by atoms with Crippen LogP contribution >= 0.6 is 0 Å². The van der Waals surface area contributed by atoms with E-state index >= 15 is 0 Å². The van der Waals surface area contributed by atoms with Gasteiger partial charge in [0, 0.05) is 18.5 Å². The zero-order valence-electron chi connectivity index (χ0n) is 19.5. The van der Waals surface area contributed by atoms with Crippen molar-refractivity contribution < 1.29 is 34.1 Å². The Morgan fingerprint density at radius 3 is 2.00 bits per heavy atom. The number of aliphatic carboxylic acids is 2. The van der Waals surface area contributed by atoms with E-state index in [0.29, 0.717) is 6.04 Å². The summed E-state index contributed by atoms with van der Waals surface area (Å²) in [5.41, 5.74) is 1.22. The molecule has 0 bridgehead atoms. The van der Waals surface area contributed by atoms with Crippen molar-refractivity contribution >= 4 is 17.8 Å². The molecule has 0 atom stereocenters. The van der Waals surface area contributed by atoms with E-state index in [1.165, 1.54) is 31.2 Å². The van der Waals surface area contributed by atoms with Crippen molar-refractivity contribution in [2.75, 3.05) is 27.3 Å². The number of benzene rings is 1. The number of carboxylic acids is 2. The van der Waals surface area contributed by atoms with Crippen LogP contribution in [0.3, 0.4) is 0 Å². The molecule has 9 heteroatoms. The molecule has 3 N–H and O–H groups in total. The molecule has 2 fully saturated rings. The van der Waals surface area contributed by atoms with E-state index in [1.54, 1.807) is 14.2 Å². The fraction of sp³-hybridized carbons (Fsp3) is 0.625. The van der Waals surface area contributed by atoms with Crippen LogP contribution in [-0.2, 0) is 20.9 Å². The van der Waals surface area contributed by atoms with Gasteiger partial charge in [-0.25, -0.2) is 9.59 Å². The summed E-state index contributed by atoms with van der Waals surface area (Å²) < 4.78 is 10.7. The summed E-state index contributed by atoms with van der Waals surface area (Å²) in [6, 6.07) is 6.50. The molecule has 0 radical (unpaired) electrons. The number of methoxy groups -OCH3 is 2. The Kier molecular flexibility index (Phi) is 11.0. The zero-order chi connectivity index (χ0) is 24.2. The summed E-state index contributed by atoms with van der Waals surface area (Å²) in [7, 11) is 3.32. The molecule has 1 aromatic carbocycles. The number of carbonyl (C=O) groups excluding carboxylic acids is 1. The lowest BCUT2D eigenvalue weighted by atomic mass is 9.94. The standard InChI is InChI=1S/C22H34N2O3.C2H2O4/c1-26-20-10-9-17(15-21(20)27-2)16-24-13-11-18(12-14-24)22(25)23-19-7-5-3-4-6-8-19;3-1(4)2(5)6/h9-10,15,18-19H,3-8,11-14,16H2,1-2H3,(H,23,25);(H,3,4)(H,5,6). The zero-order valence-corrected chi connectivity index (χ0v) is 19.5. The fourth-order valence-corrected chi connectivity index (χ4v) is 4.33. The van der Waals surface area contributed by atoms with E-state index in [4.69, 9.17) is 29.3 Å². The molecule has 2 aliphatic rings. The van der Waals surface area contributed by atoms with Crippen LogP contribution in [0.25, 0.3) is 0 Å². The van der Waals surface area contributed by atoms with E-state index in [2.05, 4.69) is 16.3 Å². The first kappa shape index (κ1) is 26.4. The SMILES string of the molecule is COc1ccc(CN2CCC(C(=O)NC3CCCCCC3)CC2)cc1OC.O=C(O)C(=O)O. The average molecular weight is 465 g/mol. The van der Waals surface area contributed by atoms with Crippen LogP contribution in [0.1, 0.15) is 56.9 Å². The van der Waals surface area contributed by atoms with Crippen molar-refractivity contribution in [3.05, 3.63) is 23.8 Å². The topological polar surface area (TPSA) is 125 Å². The van der Waals surface area contributed by atoms with Gasteiger partial charge in [-0.15, -0.1) is 0 Å². The number of piperidine rings is 1. The Labute approximate surface area is 195 Å². The minimum atomic E-state index is -1.82. The van der Waals surface area contributed by atoms with Crippen molar-refractivity contribution in [3.63, 3.8) is 0 Å². The second-order valence-corrected chi connectivity index (χ2v) is 8.55. The normalized spacial score (nSPS) is 17.8. The van der Waals surface area contributed by atoms with Crippen LogP contribution < -0.4 is 14.8 Å². The maximum absolute atomic E-state index is 12.6. The largest absolute Gasteiger partial charge is 0.493 e. The van der Waals surface area contributed by atoms with Crippen LogP contribution in [-0.4, -0.2) is 66.3 Å². The van der Waals surface area contributed by atoms with Crippen molar-refractivity contribution in [1.82, 2.24) is 10.2 Å². The van der Waals surface area contributed by atoms with Gasteiger partial charge in [-0.2, -0.15) is 0 Å². The van der Waals surface area contributed by atoms with Crippen LogP contribution in [0.2, 0.25) is 0 Å². The van der Waals surface area contributed by atoms with E-state index in [9.17, 15) is 4.79 Å². The molecule has 0 aromatic heterocycles. The second-order valence-electron chi connectivity index (χ2n) is 8.55. The minimum Gasteiger partial charge on any atom is -0.493 e. The van der Waals surface area contributed by atoms with E-state index in [-0.39, 0.29) is 11.8 Å². The fourth-order valence-electron chi connectivity index (χ4n) is 4.33. The first-order valence-electron chi connectivity index (χ1n) is 11.5. The number of rotatable bonds is 6. The first-order chi connectivity index (χ1) is 15.8. The summed E-state index contributed by atoms with van der Waals surface area (Å²) in [4.78, 5) is 33.3. The van der Waals surface area contributed by atoms with Gasteiger partial charge < -0.3 is 25.0 Å². The smallest absolute Gasteiger partial charge is 0.414 e. The van der Waals surface area contributed by atoms with Gasteiger partial charge in [0.1, 0.15) is 0 Å². The van der Waals surface area contributed by atoms with Gasteiger partial charge in [0.25, 0.3) is 0 Å². The third-order valence-electron chi connectivity index (χ3n) is 6.20. The molecule has 1 saturated heterocycles. The highest BCUT2D eigenvalue weighted by atomic mass is 16.5. The molecule has 9 nitrogen and oxygen atoms in total. The maximum Gasteiger partial charge on any atom is 0.414 e. The molecule has 1 aliphatic carbocycles. The van der Waals surface area contributed by atoms with Crippen LogP contribution in [0.15, 0.2) is 18.2 Å². The molecule has 33 heavy (non-hydrogen) atoms. The van der Waals surface area contributed by atoms with Gasteiger partial charge >= 0.3 is 11.9 Å². The number of nitrogens with one attached hydrogen (secondary N) is 1. The Balaban J connectivity index is 0.000000569. The third-order valence-corrected chi connectivity index (χ3v) is 6.20. The molecule has 1 aromatic rings. The number of carbonyl (C=O) groups is 3. The molecule has 1 heterocycles. The Morgan fingerprint density at radius 1 is 0.909 bits per heavy atom. The second kappa shape index (κ2) is 13.7. The van der Waals surface area contributed by atoms with Gasteiger partial charge in [-0.3, -0.25) is 9.69 Å². The molecular weight excluding hydrogens is 428 g/mol. The van der Waals surface area contributed by atoms with E-state index in [1.807, 2.05) is 12.1 Å². The number of carboxylic acid groups (broad SMARTS) is 2. The molecule has 1 aliphatic heterocycles. The lowest BCUT2D eigenvalue weighted by molar-refractivity contribution is -0.159. The Hall–Kier alpha value is -2.81. The molecule has 1 saturated carbocycles. The van der Waals surface area contributed by atoms with E-state index in [0.717, 1.165) is 56.8 Å². The highest BCUT2D eigenvalue weighted by Crippen LogP contribution is 2.29. The molecule has 184 valence electrons. The molecule has 0 unspecified atom stereocenters. The number of hydrogen-bond acceptors (Lipinski definition) is 6. The lowest BCUT2D eigenvalue weighted by Crippen LogP contribution is -2.43. The molecule has 3 rings (SSSR count). The monoisotopic (exact) mass is 464 g/mol. The van der Waals surface area contributed by atoms with Gasteiger partial charge in [0.2, 0.25) is 5.91 Å². The summed E-state index contributed by atoms with van der Waals surface area (Å²) in [5, 5.41) is 18.1. The maximum atomic E-state index is 12.6. The van der Waals surface area contributed by atoms with Gasteiger partial charge in [0.05, 0.1) is 14.2 Å². The number of ether oxygens (including phenoxy) is 2. The van der Waals surface area contributed by atoms with Gasteiger partial charge in [0.15, 0.2) is 11.5 Å². The summed E-state index contributed by atoms with van der Waals surface area (Å²) in [6.07, 6.45) is 9.37. The van der Waals surface area contributed by atoms with Crippen molar-refractivity contribution in [2.45, 2.75) is 64.0 Å². The van der Waals surface area contributed by atoms with Crippen molar-refractivity contribution in [2.24, 2.45) is 5.92 Å². The van der Waals surface area contributed by atoms with Crippen LogP contribution in [0.4, 0.5) is 0 Å². The van der Waals surface area contributed by atoms with E-state index < -0.39 is 11.9 Å². The number of likely N-dealkylation sites (tertiary alicyclic amines) is 1. The quantitative estimate of drug-likeness (QED) is 0.433. The molecular formula is C24H36N2O7. The summed E-state index contributed by atoms with van der Waals surface area (Å²) in [5.74, 6) is -1.66. The van der Waals surface area contributed by atoms with Crippen LogP contribution in [0.5, 0.6) is 11.5 Å². The predicted molar refractivity (Wildman–Crippen MR) is 122 cm³/mol. The Morgan fingerprint density at radius 2 is 1.48 bits per heavy atom. The first-order valence-corrected chi connectivity index (χ1v) is 11.5. The van der Waals surface area contributed by atoms with Crippen molar-refractivity contribution in [1.29, 1.82) is 0 Å². The summed E-state index contributed by atoms with van der Waals surface area (Å²) in [6.45, 7) is 2.82. The van der Waals surface area contributed by atoms with Gasteiger partial charge in [-0.1, -0.05) is 31.7 Å².